The highest BCUT2D eigenvalue weighted by Crippen LogP contribution is 2.18. The molecule has 1 heterocycles. The minimum atomic E-state index is -0.167. The molecule has 0 aliphatic rings. The molecule has 90 valence electrons. The molecule has 16 heavy (non-hydrogen) atoms. The Kier molecular flexibility index (Phi) is 4.96. The highest BCUT2D eigenvalue weighted by atomic mass is 32.1. The van der Waals surface area contributed by atoms with Gasteiger partial charge in [-0.15, -0.1) is 11.3 Å². The van der Waals surface area contributed by atoms with E-state index in [1.165, 1.54) is 4.88 Å². The number of hydrogen-bond donors (Lipinski definition) is 2. The number of amides is 1. The summed E-state index contributed by atoms with van der Waals surface area (Å²) in [5.74, 6) is 0.0541. The molecule has 0 fully saturated rings. The second kappa shape index (κ2) is 6.01. The molecule has 2 atom stereocenters. The summed E-state index contributed by atoms with van der Waals surface area (Å²) in [5.41, 5.74) is 0. The van der Waals surface area contributed by atoms with Crippen LogP contribution in [0.4, 0.5) is 0 Å². The van der Waals surface area contributed by atoms with Crippen LogP contribution in [0.15, 0.2) is 17.5 Å². The Morgan fingerprint density at radius 1 is 1.31 bits per heavy atom. The largest absolute Gasteiger partial charge is 0.353 e. The quantitative estimate of drug-likeness (QED) is 0.829. The predicted molar refractivity (Wildman–Crippen MR) is 68.6 cm³/mol. The lowest BCUT2D eigenvalue weighted by Crippen LogP contribution is -2.45. The first-order valence-electron chi connectivity index (χ1n) is 5.60. The zero-order chi connectivity index (χ0) is 12.1. The number of rotatable bonds is 5. The Labute approximate surface area is 101 Å². The number of nitrogens with one attached hydrogen (secondary N) is 2. The molecular formula is C12H20N2OS. The van der Waals surface area contributed by atoms with E-state index in [-0.39, 0.29) is 24.0 Å². The van der Waals surface area contributed by atoms with Crippen LogP contribution in [0.3, 0.4) is 0 Å². The lowest BCUT2D eigenvalue weighted by Gasteiger charge is -2.19. The smallest absolute Gasteiger partial charge is 0.237 e. The SMILES string of the molecule is CC(C)NC(=O)C(C)N[C@@H](C)c1cccs1. The van der Waals surface area contributed by atoms with Crippen molar-refractivity contribution < 1.29 is 4.79 Å². The third-order valence-corrected chi connectivity index (χ3v) is 3.35. The van der Waals surface area contributed by atoms with Gasteiger partial charge in [-0.05, 0) is 39.1 Å². The van der Waals surface area contributed by atoms with Crippen molar-refractivity contribution in [2.75, 3.05) is 0 Å². The number of thiophene rings is 1. The molecule has 1 unspecified atom stereocenters. The Hall–Kier alpha value is -0.870. The third-order valence-electron chi connectivity index (χ3n) is 2.29. The van der Waals surface area contributed by atoms with E-state index in [1.54, 1.807) is 11.3 Å². The van der Waals surface area contributed by atoms with Gasteiger partial charge in [0.05, 0.1) is 6.04 Å². The molecule has 4 heteroatoms. The molecule has 0 spiro atoms. The molecule has 3 nitrogen and oxygen atoms in total. The van der Waals surface area contributed by atoms with Gasteiger partial charge in [0, 0.05) is 17.0 Å². The van der Waals surface area contributed by atoms with Gasteiger partial charge in [-0.1, -0.05) is 6.07 Å². The van der Waals surface area contributed by atoms with Crippen molar-refractivity contribution in [3.05, 3.63) is 22.4 Å². The van der Waals surface area contributed by atoms with Crippen LogP contribution in [0.5, 0.6) is 0 Å². The molecule has 2 N–H and O–H groups in total. The number of carbonyl (C=O) groups is 1. The van der Waals surface area contributed by atoms with Gasteiger partial charge in [0.2, 0.25) is 5.91 Å². The van der Waals surface area contributed by atoms with Crippen molar-refractivity contribution in [1.82, 2.24) is 10.6 Å². The van der Waals surface area contributed by atoms with Gasteiger partial charge in [0.25, 0.3) is 0 Å². The van der Waals surface area contributed by atoms with E-state index in [1.807, 2.05) is 32.2 Å². The van der Waals surface area contributed by atoms with Crippen molar-refractivity contribution in [2.45, 2.75) is 45.8 Å². The summed E-state index contributed by atoms with van der Waals surface area (Å²) in [5, 5.41) is 8.23. The van der Waals surface area contributed by atoms with Gasteiger partial charge in [0.1, 0.15) is 0 Å². The molecule has 0 aliphatic carbocycles. The summed E-state index contributed by atoms with van der Waals surface area (Å²) >= 11 is 1.70. The first kappa shape index (κ1) is 13.2. The average Bonchev–Trinajstić information content (AvgIpc) is 2.68. The van der Waals surface area contributed by atoms with Gasteiger partial charge in [-0.25, -0.2) is 0 Å². The van der Waals surface area contributed by atoms with Gasteiger partial charge in [0.15, 0.2) is 0 Å². The predicted octanol–water partition coefficient (Wildman–Crippen LogP) is 2.31. The van der Waals surface area contributed by atoms with Crippen LogP contribution in [0.25, 0.3) is 0 Å². The van der Waals surface area contributed by atoms with E-state index in [0.29, 0.717) is 0 Å². The Balaban J connectivity index is 2.45. The molecule has 1 rings (SSSR count). The maximum Gasteiger partial charge on any atom is 0.237 e. The zero-order valence-electron chi connectivity index (χ0n) is 10.3. The second-order valence-corrected chi connectivity index (χ2v) is 5.27. The summed E-state index contributed by atoms with van der Waals surface area (Å²) in [6, 6.07) is 4.34. The fraction of sp³-hybridized carbons (Fsp3) is 0.583. The van der Waals surface area contributed by atoms with Crippen LogP contribution in [0, 0.1) is 0 Å². The minimum Gasteiger partial charge on any atom is -0.353 e. The monoisotopic (exact) mass is 240 g/mol. The van der Waals surface area contributed by atoms with Crippen LogP contribution in [0.2, 0.25) is 0 Å². The zero-order valence-corrected chi connectivity index (χ0v) is 11.1. The van der Waals surface area contributed by atoms with Crippen LogP contribution >= 0.6 is 11.3 Å². The van der Waals surface area contributed by atoms with Crippen molar-refractivity contribution in [2.24, 2.45) is 0 Å². The van der Waals surface area contributed by atoms with Gasteiger partial charge < -0.3 is 5.32 Å². The first-order valence-corrected chi connectivity index (χ1v) is 6.48. The maximum absolute atomic E-state index is 11.7. The molecule has 1 aromatic rings. The van der Waals surface area contributed by atoms with Crippen molar-refractivity contribution >= 4 is 17.2 Å². The average molecular weight is 240 g/mol. The maximum atomic E-state index is 11.7. The second-order valence-electron chi connectivity index (χ2n) is 4.29. The summed E-state index contributed by atoms with van der Waals surface area (Å²) in [7, 11) is 0. The van der Waals surface area contributed by atoms with Crippen LogP contribution in [-0.4, -0.2) is 18.0 Å². The van der Waals surface area contributed by atoms with Crippen molar-refractivity contribution in [3.8, 4) is 0 Å². The van der Waals surface area contributed by atoms with E-state index in [9.17, 15) is 4.79 Å². The molecule has 0 bridgehead atoms. The molecule has 1 amide bonds. The van der Waals surface area contributed by atoms with E-state index in [2.05, 4.69) is 23.6 Å². The molecular weight excluding hydrogens is 220 g/mol. The highest BCUT2D eigenvalue weighted by molar-refractivity contribution is 7.10. The number of carbonyl (C=O) groups excluding carboxylic acids is 1. The van der Waals surface area contributed by atoms with Crippen LogP contribution in [-0.2, 0) is 4.79 Å². The Morgan fingerprint density at radius 3 is 2.50 bits per heavy atom. The summed E-state index contributed by atoms with van der Waals surface area (Å²) < 4.78 is 0. The molecule has 1 aromatic heterocycles. The van der Waals surface area contributed by atoms with E-state index in [4.69, 9.17) is 0 Å². The normalized spacial score (nSPS) is 14.8. The summed E-state index contributed by atoms with van der Waals surface area (Å²) in [6.45, 7) is 7.90. The molecule has 0 radical (unpaired) electrons. The van der Waals surface area contributed by atoms with Gasteiger partial charge >= 0.3 is 0 Å². The van der Waals surface area contributed by atoms with Crippen molar-refractivity contribution in [1.29, 1.82) is 0 Å². The van der Waals surface area contributed by atoms with Gasteiger partial charge in [-0.2, -0.15) is 0 Å². The summed E-state index contributed by atoms with van der Waals surface area (Å²) in [4.78, 5) is 12.9. The third kappa shape index (κ3) is 3.94. The highest BCUT2D eigenvalue weighted by Gasteiger charge is 2.16. The van der Waals surface area contributed by atoms with E-state index >= 15 is 0 Å². The molecule has 0 saturated carbocycles. The number of hydrogen-bond acceptors (Lipinski definition) is 3. The lowest BCUT2D eigenvalue weighted by molar-refractivity contribution is -0.123. The molecule has 0 aromatic carbocycles. The lowest BCUT2D eigenvalue weighted by atomic mass is 10.2. The standard InChI is InChI=1S/C12H20N2OS/c1-8(2)13-12(15)10(4)14-9(3)11-6-5-7-16-11/h5-10,14H,1-4H3,(H,13,15)/t9-,10?/m0/s1. The Bertz CT molecular complexity index is 322. The fourth-order valence-electron chi connectivity index (χ4n) is 1.48. The first-order chi connectivity index (χ1) is 7.50. The van der Waals surface area contributed by atoms with E-state index in [0.717, 1.165) is 0 Å². The van der Waals surface area contributed by atoms with Crippen LogP contribution < -0.4 is 10.6 Å². The molecule has 0 saturated heterocycles. The summed E-state index contributed by atoms with van der Waals surface area (Å²) in [6.07, 6.45) is 0. The van der Waals surface area contributed by atoms with Crippen molar-refractivity contribution in [3.63, 3.8) is 0 Å². The van der Waals surface area contributed by atoms with E-state index < -0.39 is 0 Å². The van der Waals surface area contributed by atoms with Gasteiger partial charge in [-0.3, -0.25) is 10.1 Å². The topological polar surface area (TPSA) is 41.1 Å². The van der Waals surface area contributed by atoms with Crippen LogP contribution in [0.1, 0.15) is 38.6 Å². The minimum absolute atomic E-state index is 0.0541. The fourth-order valence-corrected chi connectivity index (χ4v) is 2.22. The Morgan fingerprint density at radius 2 is 2.00 bits per heavy atom. The molecule has 0 aliphatic heterocycles.